The Morgan fingerprint density at radius 1 is 1.17 bits per heavy atom. The Labute approximate surface area is 147 Å². The predicted octanol–water partition coefficient (Wildman–Crippen LogP) is 4.23. The van der Waals surface area contributed by atoms with Crippen LogP contribution in [-0.2, 0) is 4.79 Å². The number of hydrogen-bond donors (Lipinski definition) is 1. The van der Waals surface area contributed by atoms with Crippen LogP contribution >= 0.6 is 23.4 Å². The quantitative estimate of drug-likeness (QED) is 0.504. The monoisotopic (exact) mass is 358 g/mol. The first-order chi connectivity index (χ1) is 11.5. The zero-order valence-corrected chi connectivity index (χ0v) is 13.8. The largest absolute Gasteiger partial charge is 0.393 e. The van der Waals surface area contributed by atoms with Gasteiger partial charge in [-0.25, -0.2) is 0 Å². The van der Waals surface area contributed by atoms with Crippen molar-refractivity contribution in [1.29, 1.82) is 0 Å². The fourth-order valence-corrected chi connectivity index (χ4v) is 3.47. The summed E-state index contributed by atoms with van der Waals surface area (Å²) in [4.78, 5) is 23.4. The van der Waals surface area contributed by atoms with Crippen LogP contribution in [0.5, 0.6) is 0 Å². The molecule has 0 spiro atoms. The maximum absolute atomic E-state index is 12.6. The van der Waals surface area contributed by atoms with Crippen LogP contribution in [0.4, 0.5) is 5.69 Å². The normalized spacial score (nSPS) is 16.0. The maximum atomic E-state index is 12.6. The Morgan fingerprint density at radius 3 is 2.62 bits per heavy atom. The van der Waals surface area contributed by atoms with Crippen LogP contribution in [0.1, 0.15) is 11.1 Å². The molecular formula is C17H11ClN2O3S. The van der Waals surface area contributed by atoms with Crippen molar-refractivity contribution in [1.82, 2.24) is 0 Å². The second-order valence-corrected chi connectivity index (χ2v) is 6.56. The minimum Gasteiger partial charge on any atom is -0.393 e. The summed E-state index contributed by atoms with van der Waals surface area (Å²) in [5.74, 6) is -0.216. The number of nitrogens with zero attached hydrogens (tertiary/aromatic N) is 1. The first kappa shape index (κ1) is 16.3. The lowest BCUT2D eigenvalue weighted by molar-refractivity contribution is -0.384. The van der Waals surface area contributed by atoms with Gasteiger partial charge in [-0.1, -0.05) is 47.6 Å². The number of hydrogen-bond acceptors (Lipinski definition) is 5. The van der Waals surface area contributed by atoms with Gasteiger partial charge in [0.2, 0.25) is 5.78 Å². The molecule has 0 unspecified atom stereocenters. The van der Waals surface area contributed by atoms with E-state index in [-0.39, 0.29) is 11.5 Å². The van der Waals surface area contributed by atoms with Crippen LogP contribution in [0, 0.1) is 10.1 Å². The SMILES string of the molecule is NC1=C(c2cccc(Cl)c2)C(=O)C(=Cc2cccc([N+](=O)[O-])c2)S1. The number of nitro groups is 1. The Morgan fingerprint density at radius 2 is 1.92 bits per heavy atom. The minimum absolute atomic E-state index is 0.0317. The number of benzene rings is 2. The summed E-state index contributed by atoms with van der Waals surface area (Å²) in [5.41, 5.74) is 7.60. The van der Waals surface area contributed by atoms with Crippen molar-refractivity contribution < 1.29 is 9.72 Å². The standard InChI is InChI=1S/C17H11ClN2O3S/c18-12-5-2-4-11(9-12)15-16(21)14(24-17(15)19)8-10-3-1-6-13(7-10)20(22)23/h1-9H,19H2. The molecule has 2 aromatic carbocycles. The molecule has 0 bridgehead atoms. The van der Waals surface area contributed by atoms with Crippen LogP contribution in [0.2, 0.25) is 5.02 Å². The lowest BCUT2D eigenvalue weighted by atomic mass is 10.0. The van der Waals surface area contributed by atoms with Gasteiger partial charge < -0.3 is 5.73 Å². The van der Waals surface area contributed by atoms with Crippen LogP contribution in [0.25, 0.3) is 11.6 Å². The Balaban J connectivity index is 1.95. The van der Waals surface area contributed by atoms with Gasteiger partial charge in [-0.05, 0) is 29.3 Å². The number of halogens is 1. The van der Waals surface area contributed by atoms with E-state index in [0.29, 0.717) is 31.7 Å². The average molecular weight is 359 g/mol. The summed E-state index contributed by atoms with van der Waals surface area (Å²) < 4.78 is 0. The number of rotatable bonds is 3. The summed E-state index contributed by atoms with van der Waals surface area (Å²) in [7, 11) is 0. The van der Waals surface area contributed by atoms with Gasteiger partial charge in [-0.15, -0.1) is 0 Å². The molecule has 0 aliphatic carbocycles. The van der Waals surface area contributed by atoms with Crippen molar-refractivity contribution in [3.05, 3.63) is 84.7 Å². The number of carbonyl (C=O) groups excluding carboxylic acids is 1. The Bertz CT molecular complexity index is 922. The maximum Gasteiger partial charge on any atom is 0.270 e. The van der Waals surface area contributed by atoms with Crippen LogP contribution < -0.4 is 5.73 Å². The smallest absolute Gasteiger partial charge is 0.270 e. The molecule has 1 heterocycles. The number of allylic oxidation sites excluding steroid dienone is 2. The molecular weight excluding hydrogens is 348 g/mol. The van der Waals surface area contributed by atoms with Crippen molar-refractivity contribution in [2.24, 2.45) is 5.73 Å². The molecule has 24 heavy (non-hydrogen) atoms. The molecule has 2 N–H and O–H groups in total. The van der Waals surface area contributed by atoms with E-state index in [1.165, 1.54) is 12.1 Å². The molecule has 0 saturated carbocycles. The zero-order chi connectivity index (χ0) is 17.3. The summed E-state index contributed by atoms with van der Waals surface area (Å²) in [5, 5.41) is 11.8. The molecule has 1 aliphatic rings. The van der Waals surface area contributed by atoms with E-state index in [9.17, 15) is 14.9 Å². The van der Waals surface area contributed by atoms with Gasteiger partial charge in [0.25, 0.3) is 5.69 Å². The van der Waals surface area contributed by atoms with Crippen LogP contribution in [0.15, 0.2) is 58.5 Å². The van der Waals surface area contributed by atoms with E-state index >= 15 is 0 Å². The molecule has 0 amide bonds. The van der Waals surface area contributed by atoms with Gasteiger partial charge in [-0.2, -0.15) is 0 Å². The van der Waals surface area contributed by atoms with Gasteiger partial charge in [0, 0.05) is 17.2 Å². The number of Topliss-reactive ketones (excluding diaryl/α,β-unsaturated/α-hetero) is 1. The fourth-order valence-electron chi connectivity index (χ4n) is 2.34. The molecule has 0 radical (unpaired) electrons. The van der Waals surface area contributed by atoms with E-state index in [4.69, 9.17) is 17.3 Å². The molecule has 2 aromatic rings. The van der Waals surface area contributed by atoms with E-state index in [1.807, 2.05) is 0 Å². The molecule has 5 nitrogen and oxygen atoms in total. The molecule has 0 atom stereocenters. The van der Waals surface area contributed by atoms with Gasteiger partial charge >= 0.3 is 0 Å². The van der Waals surface area contributed by atoms with Gasteiger partial charge in [0.15, 0.2) is 0 Å². The van der Waals surface area contributed by atoms with E-state index < -0.39 is 4.92 Å². The third kappa shape index (κ3) is 3.20. The zero-order valence-electron chi connectivity index (χ0n) is 12.2. The summed E-state index contributed by atoms with van der Waals surface area (Å²) in [6.45, 7) is 0. The predicted molar refractivity (Wildman–Crippen MR) is 96.2 cm³/mol. The Hall–Kier alpha value is -2.57. The molecule has 0 aromatic heterocycles. The lowest BCUT2D eigenvalue weighted by Crippen LogP contribution is -2.01. The second kappa shape index (κ2) is 6.51. The highest BCUT2D eigenvalue weighted by molar-refractivity contribution is 8.08. The molecule has 3 rings (SSSR count). The minimum atomic E-state index is -0.477. The number of thioether (sulfide) groups is 1. The highest BCUT2D eigenvalue weighted by Gasteiger charge is 2.28. The van der Waals surface area contributed by atoms with Crippen molar-refractivity contribution in [2.45, 2.75) is 0 Å². The van der Waals surface area contributed by atoms with Crippen molar-refractivity contribution >= 4 is 46.5 Å². The third-order valence-corrected chi connectivity index (χ3v) is 4.59. The van der Waals surface area contributed by atoms with E-state index in [0.717, 1.165) is 11.8 Å². The molecule has 0 fully saturated rings. The third-order valence-electron chi connectivity index (χ3n) is 3.41. The summed E-state index contributed by atoms with van der Waals surface area (Å²) in [6.07, 6.45) is 1.60. The number of carbonyl (C=O) groups is 1. The molecule has 1 aliphatic heterocycles. The van der Waals surface area contributed by atoms with Crippen molar-refractivity contribution in [2.75, 3.05) is 0 Å². The fraction of sp³-hybridized carbons (Fsp3) is 0. The Kier molecular flexibility index (Phi) is 4.42. The highest BCUT2D eigenvalue weighted by Crippen LogP contribution is 2.41. The molecule has 0 saturated heterocycles. The number of nitrogens with two attached hydrogens (primary N) is 1. The summed E-state index contributed by atoms with van der Waals surface area (Å²) in [6, 6.07) is 13.0. The second-order valence-electron chi connectivity index (χ2n) is 5.04. The van der Waals surface area contributed by atoms with Crippen LogP contribution in [-0.4, -0.2) is 10.7 Å². The van der Waals surface area contributed by atoms with Gasteiger partial charge in [-0.3, -0.25) is 14.9 Å². The van der Waals surface area contributed by atoms with Gasteiger partial charge in [0.05, 0.1) is 20.4 Å². The van der Waals surface area contributed by atoms with Crippen LogP contribution in [0.3, 0.4) is 0 Å². The van der Waals surface area contributed by atoms with E-state index in [2.05, 4.69) is 0 Å². The average Bonchev–Trinajstić information content (AvgIpc) is 2.81. The first-order valence-electron chi connectivity index (χ1n) is 6.90. The van der Waals surface area contributed by atoms with Gasteiger partial charge in [0.1, 0.15) is 0 Å². The van der Waals surface area contributed by atoms with Crippen molar-refractivity contribution in [3.63, 3.8) is 0 Å². The number of nitro benzene ring substituents is 1. The lowest BCUT2D eigenvalue weighted by Gasteiger charge is -2.02. The first-order valence-corrected chi connectivity index (χ1v) is 8.09. The number of ketones is 1. The molecule has 7 heteroatoms. The highest BCUT2D eigenvalue weighted by atomic mass is 35.5. The number of non-ortho nitro benzene ring substituents is 1. The summed E-state index contributed by atoms with van der Waals surface area (Å²) >= 11 is 7.12. The molecule has 120 valence electrons. The topological polar surface area (TPSA) is 86.2 Å². The van der Waals surface area contributed by atoms with E-state index in [1.54, 1.807) is 42.5 Å². The van der Waals surface area contributed by atoms with Crippen molar-refractivity contribution in [3.8, 4) is 0 Å².